The van der Waals surface area contributed by atoms with Gasteiger partial charge in [0.15, 0.2) is 0 Å². The van der Waals surface area contributed by atoms with Crippen LogP contribution in [0.15, 0.2) is 48.5 Å². The number of amides is 1. The van der Waals surface area contributed by atoms with E-state index in [1.165, 1.54) is 19.3 Å². The zero-order valence-corrected chi connectivity index (χ0v) is 24.1. The summed E-state index contributed by atoms with van der Waals surface area (Å²) in [5, 5.41) is 21.2. The highest BCUT2D eigenvalue weighted by Gasteiger charge is 2.29. The SMILES string of the molecule is CC(C)Nc1cc(C(=O)NC(Cc2ccccc2)C(O)CNC2CCCCC2)cc(N2CCCCS2(O)O)c1. The lowest BCUT2D eigenvalue weighted by molar-refractivity contribution is 0.0821. The molecule has 9 heteroatoms. The smallest absolute Gasteiger partial charge is 0.251 e. The maximum Gasteiger partial charge on any atom is 0.251 e. The number of nitrogens with one attached hydrogen (secondary N) is 3. The molecule has 1 saturated heterocycles. The van der Waals surface area contributed by atoms with Crippen LogP contribution in [-0.4, -0.2) is 63.2 Å². The van der Waals surface area contributed by atoms with E-state index < -0.39 is 22.9 Å². The van der Waals surface area contributed by atoms with E-state index in [2.05, 4.69) is 16.0 Å². The summed E-state index contributed by atoms with van der Waals surface area (Å²) in [5.41, 5.74) is 2.82. The fraction of sp³-hybridized carbons (Fsp3) is 0.567. The second-order valence-electron chi connectivity index (χ2n) is 11.3. The summed E-state index contributed by atoms with van der Waals surface area (Å²) >= 11 is 0. The second-order valence-corrected chi connectivity index (χ2v) is 13.4. The van der Waals surface area contributed by atoms with Gasteiger partial charge in [0.25, 0.3) is 5.91 Å². The molecule has 39 heavy (non-hydrogen) atoms. The number of rotatable bonds is 11. The number of benzene rings is 2. The third kappa shape index (κ3) is 8.59. The molecule has 2 unspecified atom stereocenters. The van der Waals surface area contributed by atoms with Gasteiger partial charge >= 0.3 is 0 Å². The minimum Gasteiger partial charge on any atom is -0.390 e. The first kappa shape index (κ1) is 29.7. The van der Waals surface area contributed by atoms with Gasteiger partial charge < -0.3 is 21.1 Å². The summed E-state index contributed by atoms with van der Waals surface area (Å²) in [6, 6.07) is 15.3. The second kappa shape index (κ2) is 13.9. The van der Waals surface area contributed by atoms with Gasteiger partial charge in [-0.25, -0.2) is 0 Å². The third-order valence-electron chi connectivity index (χ3n) is 7.61. The lowest BCUT2D eigenvalue weighted by Crippen LogP contribution is -2.50. The quantitative estimate of drug-likeness (QED) is 0.219. The van der Waals surface area contributed by atoms with Crippen molar-refractivity contribution in [1.82, 2.24) is 10.6 Å². The van der Waals surface area contributed by atoms with Gasteiger partial charge in [0, 0.05) is 36.4 Å². The minimum absolute atomic E-state index is 0.136. The number of anilines is 2. The molecule has 2 aliphatic rings. The number of nitrogens with zero attached hydrogens (tertiary/aromatic N) is 1. The zero-order chi connectivity index (χ0) is 27.8. The summed E-state index contributed by atoms with van der Waals surface area (Å²) in [7, 11) is -2.93. The van der Waals surface area contributed by atoms with Crippen molar-refractivity contribution in [3.05, 3.63) is 59.7 Å². The molecule has 2 atom stereocenters. The highest BCUT2D eigenvalue weighted by atomic mass is 32.3. The van der Waals surface area contributed by atoms with Crippen LogP contribution in [0.3, 0.4) is 0 Å². The Morgan fingerprint density at radius 1 is 1.03 bits per heavy atom. The molecule has 0 spiro atoms. The number of hydrogen-bond acceptors (Lipinski definition) is 7. The summed E-state index contributed by atoms with van der Waals surface area (Å²) in [4.78, 5) is 13.7. The molecule has 6 N–H and O–H groups in total. The lowest BCUT2D eigenvalue weighted by atomic mass is 9.95. The van der Waals surface area contributed by atoms with Crippen LogP contribution in [0.4, 0.5) is 11.4 Å². The largest absolute Gasteiger partial charge is 0.390 e. The number of carbonyl (C=O) groups is 1. The molecule has 2 aromatic rings. The van der Waals surface area contributed by atoms with Crippen molar-refractivity contribution in [3.8, 4) is 0 Å². The Kier molecular flexibility index (Phi) is 10.5. The summed E-state index contributed by atoms with van der Waals surface area (Å²) < 4.78 is 23.1. The molecular formula is C30H46N4O4S. The van der Waals surface area contributed by atoms with E-state index >= 15 is 0 Å². The van der Waals surface area contributed by atoms with E-state index in [1.54, 1.807) is 16.4 Å². The highest BCUT2D eigenvalue weighted by molar-refractivity contribution is 8.25. The van der Waals surface area contributed by atoms with Crippen molar-refractivity contribution in [2.45, 2.75) is 89.4 Å². The molecule has 2 aromatic carbocycles. The van der Waals surface area contributed by atoms with Gasteiger partial charge in [0.05, 0.1) is 23.6 Å². The van der Waals surface area contributed by atoms with E-state index in [1.807, 2.05) is 50.2 Å². The zero-order valence-electron chi connectivity index (χ0n) is 23.3. The van der Waals surface area contributed by atoms with Crippen LogP contribution < -0.4 is 20.3 Å². The molecule has 0 radical (unpaired) electrons. The fourth-order valence-corrected chi connectivity index (χ4v) is 7.22. The molecular weight excluding hydrogens is 512 g/mol. The maximum absolute atomic E-state index is 13.7. The summed E-state index contributed by atoms with van der Waals surface area (Å²) in [6.45, 7) is 4.98. The van der Waals surface area contributed by atoms with Crippen LogP contribution in [0.5, 0.6) is 0 Å². The Balaban J connectivity index is 1.55. The van der Waals surface area contributed by atoms with Gasteiger partial charge in [-0.2, -0.15) is 0 Å². The van der Waals surface area contributed by atoms with Gasteiger partial charge in [-0.05, 0) is 69.7 Å². The van der Waals surface area contributed by atoms with Crippen molar-refractivity contribution >= 4 is 28.1 Å². The topological polar surface area (TPSA) is 117 Å². The molecule has 1 saturated carbocycles. The van der Waals surface area contributed by atoms with Crippen LogP contribution in [-0.2, 0) is 6.42 Å². The van der Waals surface area contributed by atoms with Crippen molar-refractivity contribution in [2.24, 2.45) is 0 Å². The van der Waals surface area contributed by atoms with Crippen LogP contribution >= 0.6 is 10.8 Å². The predicted octanol–water partition coefficient (Wildman–Crippen LogP) is 5.40. The van der Waals surface area contributed by atoms with Gasteiger partial charge in [0.1, 0.15) is 0 Å². The first-order chi connectivity index (χ1) is 18.7. The molecule has 1 aliphatic heterocycles. The van der Waals surface area contributed by atoms with E-state index in [-0.39, 0.29) is 11.9 Å². The van der Waals surface area contributed by atoms with E-state index in [0.29, 0.717) is 42.6 Å². The van der Waals surface area contributed by atoms with Crippen LogP contribution in [0, 0.1) is 0 Å². The standard InChI is InChI=1S/C30H46N4O4S/c1-22(2)32-26-18-24(19-27(20-26)34-15-9-10-16-39(34,37)38)30(36)33-28(17-23-11-5-3-6-12-23)29(35)21-31-25-13-7-4-8-14-25/h3,5-6,11-12,18-20,22,25,28-29,31-32,35,37-38H,4,7-10,13-17,21H2,1-2H3,(H,33,36). The number of carbonyl (C=O) groups excluding carboxylic acids is 1. The average Bonchev–Trinajstić information content (AvgIpc) is 2.91. The Morgan fingerprint density at radius 3 is 2.46 bits per heavy atom. The molecule has 1 aliphatic carbocycles. The molecule has 1 heterocycles. The Morgan fingerprint density at radius 2 is 1.77 bits per heavy atom. The first-order valence-electron chi connectivity index (χ1n) is 14.4. The van der Waals surface area contributed by atoms with Crippen molar-refractivity contribution < 1.29 is 19.0 Å². The molecule has 8 nitrogen and oxygen atoms in total. The van der Waals surface area contributed by atoms with Crippen molar-refractivity contribution in [1.29, 1.82) is 0 Å². The van der Waals surface area contributed by atoms with Crippen LogP contribution in [0.25, 0.3) is 0 Å². The Hall–Kier alpha value is -2.30. The molecule has 0 bridgehead atoms. The molecule has 216 valence electrons. The average molecular weight is 559 g/mol. The first-order valence-corrected chi connectivity index (χ1v) is 16.1. The number of hydrogen-bond donors (Lipinski definition) is 6. The van der Waals surface area contributed by atoms with E-state index in [4.69, 9.17) is 0 Å². The van der Waals surface area contributed by atoms with Gasteiger partial charge in [-0.3, -0.25) is 18.2 Å². The van der Waals surface area contributed by atoms with Gasteiger partial charge in [-0.15, -0.1) is 10.8 Å². The Labute approximate surface area is 235 Å². The van der Waals surface area contributed by atoms with Crippen LogP contribution in [0.1, 0.15) is 74.7 Å². The Bertz CT molecular complexity index is 1060. The van der Waals surface area contributed by atoms with Crippen LogP contribution in [0.2, 0.25) is 0 Å². The minimum atomic E-state index is -2.93. The molecule has 1 amide bonds. The molecule has 4 rings (SSSR count). The fourth-order valence-electron chi connectivity index (χ4n) is 5.55. The van der Waals surface area contributed by atoms with Gasteiger partial charge in [0.2, 0.25) is 0 Å². The normalized spacial score (nSPS) is 20.3. The maximum atomic E-state index is 13.7. The summed E-state index contributed by atoms with van der Waals surface area (Å²) in [6.07, 6.45) is 7.30. The molecule has 0 aromatic heterocycles. The third-order valence-corrected chi connectivity index (χ3v) is 9.54. The number of aliphatic hydroxyl groups is 1. The van der Waals surface area contributed by atoms with Crippen molar-refractivity contribution in [3.63, 3.8) is 0 Å². The lowest BCUT2D eigenvalue weighted by Gasteiger charge is -2.47. The summed E-state index contributed by atoms with van der Waals surface area (Å²) in [5.74, 6) is 0.0326. The van der Waals surface area contributed by atoms with Gasteiger partial charge in [-0.1, -0.05) is 49.6 Å². The number of aliphatic hydroxyl groups excluding tert-OH is 1. The predicted molar refractivity (Wildman–Crippen MR) is 162 cm³/mol. The highest BCUT2D eigenvalue weighted by Crippen LogP contribution is 2.50. The monoisotopic (exact) mass is 558 g/mol. The van der Waals surface area contributed by atoms with E-state index in [9.17, 15) is 19.0 Å². The molecule has 2 fully saturated rings. The van der Waals surface area contributed by atoms with Crippen molar-refractivity contribution in [2.75, 3.05) is 28.5 Å². The van der Waals surface area contributed by atoms with E-state index in [0.717, 1.165) is 36.9 Å².